The molecule has 0 aliphatic carbocycles. The summed E-state index contributed by atoms with van der Waals surface area (Å²) in [5.41, 5.74) is 13.9. The number of hydrogen-bond acceptors (Lipinski definition) is 7. The second kappa shape index (κ2) is 21.8. The zero-order valence-corrected chi connectivity index (χ0v) is 38.6. The van der Waals surface area contributed by atoms with Gasteiger partial charge in [-0.2, -0.15) is 0 Å². The van der Waals surface area contributed by atoms with Gasteiger partial charge in [-0.1, -0.05) is 113 Å². The number of carbonyl (C=O) groups is 2. The summed E-state index contributed by atoms with van der Waals surface area (Å²) >= 11 is 3.40. The van der Waals surface area contributed by atoms with Crippen LogP contribution in [0.25, 0.3) is 44.6 Å². The van der Waals surface area contributed by atoms with E-state index in [0.29, 0.717) is 11.1 Å². The van der Waals surface area contributed by atoms with E-state index in [4.69, 9.17) is 13.6 Å². The van der Waals surface area contributed by atoms with E-state index < -0.39 is 0 Å². The Morgan fingerprint density at radius 1 is 0.478 bits per heavy atom. The van der Waals surface area contributed by atoms with E-state index in [1.165, 1.54) is 16.7 Å². The van der Waals surface area contributed by atoms with Gasteiger partial charge in [0.05, 0.1) is 7.11 Å². The van der Waals surface area contributed by atoms with Crippen molar-refractivity contribution in [3.63, 3.8) is 0 Å². The molecular formula is C59H51BrN2O5. The van der Waals surface area contributed by atoms with Crippen molar-refractivity contribution < 1.29 is 23.2 Å². The van der Waals surface area contributed by atoms with Gasteiger partial charge in [-0.15, -0.1) is 0 Å². The van der Waals surface area contributed by atoms with Crippen LogP contribution in [0.2, 0.25) is 0 Å². The summed E-state index contributed by atoms with van der Waals surface area (Å²) in [5.74, 6) is 2.46. The number of ether oxygens (including phenoxy) is 1. The van der Waals surface area contributed by atoms with Gasteiger partial charge in [0.25, 0.3) is 0 Å². The summed E-state index contributed by atoms with van der Waals surface area (Å²) in [6, 6.07) is 64.5. The van der Waals surface area contributed by atoms with E-state index in [2.05, 4.69) is 144 Å². The third kappa shape index (κ3) is 11.9. The Kier molecular flexibility index (Phi) is 15.3. The standard InChI is InChI=1S/C29H23NO2.C15H9BrO2.C14H15NO.CH4/c1-20-3-11-25(12-4-20)30(26-13-5-21(2)6-14-26)27-15-9-23(10-16-27)29-18-24-8-7-22(19-31)17-28(24)32-29;16-13-5-3-11(4-6-13)15-8-12-2-1-10(9-17)7-14(12)18-15;1-11-3-5-12(6-4-11)15-13-7-9-14(16-2)10-8-13;/h3-19H,1-2H3;1-9H;3-10,15H,1-2H3;1H4. The van der Waals surface area contributed by atoms with Crippen LogP contribution in [0.1, 0.15) is 44.8 Å². The molecule has 10 aromatic rings. The van der Waals surface area contributed by atoms with Crippen LogP contribution in [-0.4, -0.2) is 19.7 Å². The fraction of sp³-hybridized carbons (Fsp3) is 0.0847. The fourth-order valence-electron chi connectivity index (χ4n) is 7.23. The van der Waals surface area contributed by atoms with E-state index in [1.54, 1.807) is 31.4 Å². The number of furan rings is 2. The Labute approximate surface area is 400 Å². The van der Waals surface area contributed by atoms with Crippen LogP contribution < -0.4 is 15.0 Å². The molecule has 0 amide bonds. The molecule has 0 spiro atoms. The number of nitrogens with one attached hydrogen (secondary N) is 1. The number of benzene rings is 8. The molecule has 0 radical (unpaired) electrons. The number of carbonyl (C=O) groups excluding carboxylic acids is 2. The zero-order chi connectivity index (χ0) is 46.0. The third-order valence-corrected chi connectivity index (χ3v) is 11.4. The number of fused-ring (bicyclic) bond motifs is 2. The molecule has 8 aromatic carbocycles. The molecule has 2 heterocycles. The average Bonchev–Trinajstić information content (AvgIpc) is 3.99. The molecule has 8 heteroatoms. The molecule has 0 saturated carbocycles. The minimum Gasteiger partial charge on any atom is -0.497 e. The summed E-state index contributed by atoms with van der Waals surface area (Å²) in [4.78, 5) is 24.0. The highest BCUT2D eigenvalue weighted by Gasteiger charge is 2.14. The normalized spacial score (nSPS) is 10.5. The third-order valence-electron chi connectivity index (χ3n) is 10.9. The smallest absolute Gasteiger partial charge is 0.150 e. The topological polar surface area (TPSA) is 84.9 Å². The maximum Gasteiger partial charge on any atom is 0.150 e. The second-order valence-corrected chi connectivity index (χ2v) is 16.7. The molecule has 0 fully saturated rings. The maximum absolute atomic E-state index is 11.1. The van der Waals surface area contributed by atoms with Gasteiger partial charge in [0, 0.05) is 65.9 Å². The first-order valence-electron chi connectivity index (χ1n) is 21.4. The average molecular weight is 948 g/mol. The van der Waals surface area contributed by atoms with Crippen LogP contribution in [0, 0.1) is 20.8 Å². The molecule has 0 atom stereocenters. The minimum atomic E-state index is 0. The Bertz CT molecular complexity index is 3150. The molecule has 334 valence electrons. The molecule has 7 nitrogen and oxygen atoms in total. The van der Waals surface area contributed by atoms with Crippen LogP contribution in [0.3, 0.4) is 0 Å². The molecular weight excluding hydrogens is 897 g/mol. The Morgan fingerprint density at radius 3 is 1.25 bits per heavy atom. The van der Waals surface area contributed by atoms with Crippen molar-refractivity contribution in [3.05, 3.63) is 226 Å². The van der Waals surface area contributed by atoms with Crippen LogP contribution in [0.4, 0.5) is 28.4 Å². The van der Waals surface area contributed by atoms with Gasteiger partial charge in [0.1, 0.15) is 41.0 Å². The number of halogens is 1. The Hall–Kier alpha value is -7.94. The summed E-state index contributed by atoms with van der Waals surface area (Å²) in [6.07, 6.45) is 1.66. The van der Waals surface area contributed by atoms with Gasteiger partial charge in [0.2, 0.25) is 0 Å². The molecule has 67 heavy (non-hydrogen) atoms. The van der Waals surface area contributed by atoms with Gasteiger partial charge in [-0.05, 0) is 142 Å². The van der Waals surface area contributed by atoms with Crippen LogP contribution in [0.15, 0.2) is 207 Å². The van der Waals surface area contributed by atoms with Crippen molar-refractivity contribution in [2.24, 2.45) is 0 Å². The zero-order valence-electron chi connectivity index (χ0n) is 37.0. The van der Waals surface area contributed by atoms with Crippen LogP contribution in [0.5, 0.6) is 5.75 Å². The molecule has 10 rings (SSSR count). The van der Waals surface area contributed by atoms with E-state index in [1.807, 2.05) is 72.8 Å². The number of hydrogen-bond donors (Lipinski definition) is 1. The lowest BCUT2D eigenvalue weighted by Gasteiger charge is -2.26. The molecule has 0 unspecified atom stereocenters. The number of anilines is 5. The predicted octanol–water partition coefficient (Wildman–Crippen LogP) is 17.1. The minimum absolute atomic E-state index is 0. The lowest BCUT2D eigenvalue weighted by atomic mass is 10.1. The molecule has 0 saturated heterocycles. The van der Waals surface area contributed by atoms with Crippen molar-refractivity contribution in [3.8, 4) is 28.4 Å². The number of rotatable bonds is 10. The highest BCUT2D eigenvalue weighted by atomic mass is 79.9. The van der Waals surface area contributed by atoms with Crippen molar-refractivity contribution in [2.45, 2.75) is 28.2 Å². The number of nitrogens with zero attached hydrogens (tertiary/aromatic N) is 1. The molecule has 0 aliphatic rings. The molecule has 0 bridgehead atoms. The maximum atomic E-state index is 11.1. The second-order valence-electron chi connectivity index (χ2n) is 15.8. The molecule has 2 aromatic heterocycles. The molecule has 1 N–H and O–H groups in total. The van der Waals surface area contributed by atoms with Gasteiger partial charge in [0.15, 0.2) is 0 Å². The Morgan fingerprint density at radius 2 is 0.851 bits per heavy atom. The van der Waals surface area contributed by atoms with E-state index in [0.717, 1.165) is 95.8 Å². The Balaban J connectivity index is 0.000000162. The van der Waals surface area contributed by atoms with Crippen LogP contribution >= 0.6 is 15.9 Å². The van der Waals surface area contributed by atoms with Gasteiger partial charge >= 0.3 is 0 Å². The van der Waals surface area contributed by atoms with E-state index in [-0.39, 0.29) is 7.43 Å². The summed E-state index contributed by atoms with van der Waals surface area (Å²) in [5, 5.41) is 5.31. The fourth-order valence-corrected chi connectivity index (χ4v) is 7.49. The highest BCUT2D eigenvalue weighted by Crippen LogP contribution is 2.37. The quantitative estimate of drug-likeness (QED) is 0.137. The summed E-state index contributed by atoms with van der Waals surface area (Å²) in [6.45, 7) is 6.28. The predicted molar refractivity (Wildman–Crippen MR) is 280 cm³/mol. The van der Waals surface area contributed by atoms with Crippen molar-refractivity contribution >= 4 is 78.9 Å². The first-order chi connectivity index (χ1) is 32.1. The van der Waals surface area contributed by atoms with E-state index in [9.17, 15) is 9.59 Å². The summed E-state index contributed by atoms with van der Waals surface area (Å²) in [7, 11) is 1.67. The lowest BCUT2D eigenvalue weighted by Crippen LogP contribution is -2.09. The van der Waals surface area contributed by atoms with Gasteiger partial charge < -0.3 is 23.8 Å². The van der Waals surface area contributed by atoms with Gasteiger partial charge in [-0.25, -0.2) is 0 Å². The first-order valence-corrected chi connectivity index (χ1v) is 22.2. The first kappa shape index (κ1) is 47.0. The van der Waals surface area contributed by atoms with E-state index >= 15 is 0 Å². The summed E-state index contributed by atoms with van der Waals surface area (Å²) < 4.78 is 17.9. The number of aryl methyl sites for hydroxylation is 3. The number of aldehydes is 2. The SMILES string of the molecule is C.COc1ccc(Nc2ccc(C)cc2)cc1.Cc1ccc(N(c2ccc(C)cc2)c2ccc(-c3cc4ccc(C=O)cc4o3)cc2)cc1.O=Cc1ccc2cc(-c3ccc(Br)cc3)oc2c1. The largest absolute Gasteiger partial charge is 0.497 e. The monoisotopic (exact) mass is 946 g/mol. The lowest BCUT2D eigenvalue weighted by molar-refractivity contribution is 0.111. The van der Waals surface area contributed by atoms with Crippen molar-refractivity contribution in [1.29, 1.82) is 0 Å². The highest BCUT2D eigenvalue weighted by molar-refractivity contribution is 9.10. The van der Waals surface area contributed by atoms with Crippen molar-refractivity contribution in [1.82, 2.24) is 0 Å². The van der Waals surface area contributed by atoms with Crippen LogP contribution in [-0.2, 0) is 0 Å². The van der Waals surface area contributed by atoms with Crippen molar-refractivity contribution in [2.75, 3.05) is 17.3 Å². The number of methoxy groups -OCH3 is 1. The molecule has 0 aliphatic heterocycles. The van der Waals surface area contributed by atoms with Gasteiger partial charge in [-0.3, -0.25) is 9.59 Å².